The normalized spacial score (nSPS) is 18.5. The van der Waals surface area contributed by atoms with Gasteiger partial charge in [-0.1, -0.05) is 42.5 Å². The lowest BCUT2D eigenvalue weighted by Gasteiger charge is -2.43. The molecule has 2 aliphatic rings. The average Bonchev–Trinajstić information content (AvgIpc) is 3.83. The number of benzene rings is 2. The maximum atomic E-state index is 14.3. The molecule has 282 valence electrons. The molecule has 2 N–H and O–H groups in total. The Kier molecular flexibility index (Phi) is 9.93. The monoisotopic (exact) mass is 757 g/mol. The molecule has 0 aliphatic carbocycles. The summed E-state index contributed by atoms with van der Waals surface area (Å²) in [4.78, 5) is 59.9. The lowest BCUT2D eigenvalue weighted by atomic mass is 9.79. The summed E-state index contributed by atoms with van der Waals surface area (Å²) in [5.41, 5.74) is 4.07. The van der Waals surface area contributed by atoms with Crippen molar-refractivity contribution in [3.8, 4) is 16.3 Å². The second kappa shape index (κ2) is 15.0. The van der Waals surface area contributed by atoms with Crippen LogP contribution in [0.4, 0.5) is 0 Å². The van der Waals surface area contributed by atoms with Gasteiger partial charge in [0.15, 0.2) is 5.65 Å². The number of carbonyl (C=O) groups is 2. The van der Waals surface area contributed by atoms with Crippen LogP contribution in [0.2, 0.25) is 0 Å². The van der Waals surface area contributed by atoms with Crippen molar-refractivity contribution in [3.05, 3.63) is 129 Å². The van der Waals surface area contributed by atoms with Crippen molar-refractivity contribution in [2.45, 2.75) is 57.8 Å². The molecule has 12 nitrogen and oxygen atoms in total. The van der Waals surface area contributed by atoms with E-state index in [2.05, 4.69) is 9.97 Å². The zero-order valence-electron chi connectivity index (χ0n) is 30.8. The molecule has 0 saturated carbocycles. The second-order valence-corrected chi connectivity index (χ2v) is 15.8. The molecule has 4 aromatic heterocycles. The third-order valence-electron chi connectivity index (χ3n) is 11.1. The van der Waals surface area contributed by atoms with Crippen molar-refractivity contribution >= 4 is 34.2 Å². The first kappa shape index (κ1) is 36.5. The number of hydrogen-bond acceptors (Lipinski definition) is 9. The molecule has 2 fully saturated rings. The van der Waals surface area contributed by atoms with E-state index in [9.17, 15) is 24.6 Å². The third kappa shape index (κ3) is 7.22. The number of likely N-dealkylation sites (tertiary alicyclic amines) is 2. The van der Waals surface area contributed by atoms with Gasteiger partial charge in [-0.3, -0.25) is 23.9 Å². The zero-order chi connectivity index (χ0) is 38.3. The number of thiazole rings is 1. The standard InChI is InChI=1S/C42H43N7O5S/c1-27-11-12-31(22-43-27)38-45-28(2)36(55-38)41(53)47-17-13-33(35(23-47)30-8-4-3-5-9-30)39(51)46-19-15-42(54,16-20-46)25-48-26-44-37-34(40(48)52)14-18-49(37)32-10-6-7-29(21-32)24-50/h3-12,14,18,21-22,26,33,35,50,54H,13,15-17,19-20,23-25H2,1-2H3/t33-,35+/m1/s1. The van der Waals surface area contributed by atoms with Crippen LogP contribution in [0.15, 0.2) is 96.3 Å². The number of aliphatic hydroxyl groups is 2. The first-order valence-electron chi connectivity index (χ1n) is 18.6. The number of nitrogens with zero attached hydrogens (tertiary/aromatic N) is 7. The Morgan fingerprint density at radius 2 is 1.75 bits per heavy atom. The van der Waals surface area contributed by atoms with Gasteiger partial charge in [0.1, 0.15) is 16.2 Å². The molecule has 0 unspecified atom stereocenters. The minimum Gasteiger partial charge on any atom is -0.392 e. The molecule has 6 aromatic rings. The Labute approximate surface area is 322 Å². The van der Waals surface area contributed by atoms with Gasteiger partial charge in [-0.25, -0.2) is 9.97 Å². The number of piperidine rings is 2. The van der Waals surface area contributed by atoms with Gasteiger partial charge in [0, 0.05) is 67.4 Å². The van der Waals surface area contributed by atoms with Gasteiger partial charge in [0.2, 0.25) is 5.91 Å². The van der Waals surface area contributed by atoms with Gasteiger partial charge in [-0.05, 0) is 74.6 Å². The number of rotatable bonds is 8. The topological polar surface area (TPSA) is 147 Å². The predicted octanol–water partition coefficient (Wildman–Crippen LogP) is 5.11. The van der Waals surface area contributed by atoms with E-state index in [1.165, 1.54) is 22.2 Å². The SMILES string of the molecule is Cc1ccc(-c2nc(C)c(C(=O)N3CC[C@@H](C(=O)N4CCC(O)(Cn5cnc6c(ccn6-c6cccc(CO)c6)c5=O)CC4)[C@H](c4ccccc4)C3)s2)cn1. The van der Waals surface area contributed by atoms with Crippen LogP contribution in [0.25, 0.3) is 27.3 Å². The van der Waals surface area contributed by atoms with E-state index in [1.54, 1.807) is 18.5 Å². The highest BCUT2D eigenvalue weighted by molar-refractivity contribution is 7.17. The number of aryl methyl sites for hydroxylation is 2. The molecule has 2 aromatic carbocycles. The summed E-state index contributed by atoms with van der Waals surface area (Å²) in [6.45, 7) is 5.33. The molecule has 6 heterocycles. The fourth-order valence-electron chi connectivity index (χ4n) is 7.96. The van der Waals surface area contributed by atoms with Crippen LogP contribution in [-0.4, -0.2) is 87.7 Å². The van der Waals surface area contributed by atoms with Gasteiger partial charge in [0.25, 0.3) is 11.5 Å². The Balaban J connectivity index is 0.950. The number of aromatic nitrogens is 5. The molecule has 2 aliphatic heterocycles. The quantitative estimate of drug-likeness (QED) is 0.218. The van der Waals surface area contributed by atoms with Gasteiger partial charge >= 0.3 is 0 Å². The minimum absolute atomic E-state index is 0.0259. The molecule has 8 rings (SSSR count). The van der Waals surface area contributed by atoms with E-state index < -0.39 is 5.60 Å². The fourth-order valence-corrected chi connectivity index (χ4v) is 8.98. The molecule has 0 bridgehead atoms. The summed E-state index contributed by atoms with van der Waals surface area (Å²) < 4.78 is 3.26. The van der Waals surface area contributed by atoms with Gasteiger partial charge in [0.05, 0.1) is 29.8 Å². The van der Waals surface area contributed by atoms with Crippen LogP contribution in [0.5, 0.6) is 0 Å². The van der Waals surface area contributed by atoms with E-state index in [0.29, 0.717) is 67.0 Å². The smallest absolute Gasteiger partial charge is 0.265 e. The fraction of sp³-hybridized carbons (Fsp3) is 0.333. The lowest BCUT2D eigenvalue weighted by Crippen LogP contribution is -2.53. The van der Waals surface area contributed by atoms with Crippen LogP contribution in [-0.2, 0) is 17.9 Å². The third-order valence-corrected chi connectivity index (χ3v) is 12.3. The Bertz CT molecular complexity index is 2410. The summed E-state index contributed by atoms with van der Waals surface area (Å²) in [6, 6.07) is 23.0. The summed E-state index contributed by atoms with van der Waals surface area (Å²) in [6.07, 6.45) is 6.18. The number of aliphatic hydroxyl groups excluding tert-OH is 1. The van der Waals surface area contributed by atoms with Gasteiger partial charge < -0.3 is 24.6 Å². The van der Waals surface area contributed by atoms with Crippen LogP contribution in [0.1, 0.15) is 57.4 Å². The van der Waals surface area contributed by atoms with Crippen molar-refractivity contribution < 1.29 is 19.8 Å². The Hall–Kier alpha value is -5.50. The van der Waals surface area contributed by atoms with Crippen molar-refractivity contribution in [1.29, 1.82) is 0 Å². The van der Waals surface area contributed by atoms with E-state index in [0.717, 1.165) is 33.1 Å². The van der Waals surface area contributed by atoms with E-state index in [4.69, 9.17) is 4.98 Å². The van der Waals surface area contributed by atoms with Crippen LogP contribution < -0.4 is 5.56 Å². The molecule has 2 saturated heterocycles. The first-order valence-corrected chi connectivity index (χ1v) is 19.4. The number of pyridine rings is 1. The van der Waals surface area contributed by atoms with Gasteiger partial charge in [-0.15, -0.1) is 11.3 Å². The summed E-state index contributed by atoms with van der Waals surface area (Å²) in [7, 11) is 0. The zero-order valence-corrected chi connectivity index (χ0v) is 31.7. The number of amides is 2. The molecule has 55 heavy (non-hydrogen) atoms. The van der Waals surface area contributed by atoms with Crippen LogP contribution in [0, 0.1) is 19.8 Å². The molecule has 2 amide bonds. The maximum absolute atomic E-state index is 14.3. The molecular formula is C42H43N7O5S. The summed E-state index contributed by atoms with van der Waals surface area (Å²) in [5.74, 6) is -0.577. The van der Waals surface area contributed by atoms with Gasteiger partial charge in [-0.2, -0.15) is 0 Å². The molecule has 0 radical (unpaired) electrons. The predicted molar refractivity (Wildman–Crippen MR) is 210 cm³/mol. The van der Waals surface area contributed by atoms with E-state index >= 15 is 0 Å². The minimum atomic E-state index is -1.19. The first-order chi connectivity index (χ1) is 26.6. The largest absolute Gasteiger partial charge is 0.392 e. The van der Waals surface area contributed by atoms with Crippen molar-refractivity contribution in [1.82, 2.24) is 33.9 Å². The Morgan fingerprint density at radius 1 is 0.945 bits per heavy atom. The number of fused-ring (bicyclic) bond motifs is 1. The van der Waals surface area contributed by atoms with E-state index in [-0.39, 0.29) is 42.4 Å². The molecule has 13 heteroatoms. The average molecular weight is 758 g/mol. The maximum Gasteiger partial charge on any atom is 0.265 e. The van der Waals surface area contributed by atoms with Crippen LogP contribution >= 0.6 is 11.3 Å². The van der Waals surface area contributed by atoms with Crippen molar-refractivity contribution in [2.75, 3.05) is 26.2 Å². The molecule has 2 atom stereocenters. The van der Waals surface area contributed by atoms with Crippen molar-refractivity contribution in [3.63, 3.8) is 0 Å². The summed E-state index contributed by atoms with van der Waals surface area (Å²) in [5, 5.41) is 22.5. The molecule has 0 spiro atoms. The highest BCUT2D eigenvalue weighted by Crippen LogP contribution is 2.37. The molecular weight excluding hydrogens is 715 g/mol. The second-order valence-electron chi connectivity index (χ2n) is 14.8. The number of carbonyl (C=O) groups excluding carboxylic acids is 2. The Morgan fingerprint density at radius 3 is 2.49 bits per heavy atom. The lowest BCUT2D eigenvalue weighted by molar-refractivity contribution is -0.142. The summed E-state index contributed by atoms with van der Waals surface area (Å²) >= 11 is 1.37. The van der Waals surface area contributed by atoms with Crippen molar-refractivity contribution in [2.24, 2.45) is 5.92 Å². The van der Waals surface area contributed by atoms with E-state index in [1.807, 2.05) is 94.9 Å². The highest BCUT2D eigenvalue weighted by Gasteiger charge is 2.42. The number of hydrogen-bond donors (Lipinski definition) is 2. The highest BCUT2D eigenvalue weighted by atomic mass is 32.1. The van der Waals surface area contributed by atoms with Crippen LogP contribution in [0.3, 0.4) is 0 Å².